The number of hydrogen-bond acceptors (Lipinski definition) is 1. The van der Waals surface area contributed by atoms with Gasteiger partial charge in [-0.25, -0.2) is 4.39 Å². The average molecular weight is 375 g/mol. The Morgan fingerprint density at radius 2 is 1.46 bits per heavy atom. The van der Waals surface area contributed by atoms with E-state index in [0.29, 0.717) is 19.2 Å². The van der Waals surface area contributed by atoms with Crippen LogP contribution in [-0.2, 0) is 6.18 Å². The summed E-state index contributed by atoms with van der Waals surface area (Å²) in [7, 11) is 0. The summed E-state index contributed by atoms with van der Waals surface area (Å²) in [6.07, 6.45) is 2.77. The predicted molar refractivity (Wildman–Crippen MR) is 95.6 cm³/mol. The highest BCUT2D eigenvalue weighted by Gasteiger charge is 2.36. The van der Waals surface area contributed by atoms with E-state index in [9.17, 15) is 22.4 Å². The van der Waals surface area contributed by atoms with E-state index >= 15 is 0 Å². The molecule has 1 aromatic rings. The molecule has 0 atom stereocenters. The minimum atomic E-state index is -4.76. The number of hydrogen-bond donors (Lipinski definition) is 0. The number of alkyl halides is 3. The molecule has 0 bridgehead atoms. The zero-order valence-corrected chi connectivity index (χ0v) is 15.7. The molecule has 2 nitrogen and oxygen atoms in total. The maximum atomic E-state index is 13.3. The van der Waals surface area contributed by atoms with Gasteiger partial charge in [0.05, 0.1) is 11.1 Å². The predicted octanol–water partition coefficient (Wildman–Crippen LogP) is 6.45. The van der Waals surface area contributed by atoms with Crippen molar-refractivity contribution < 1.29 is 22.4 Å². The van der Waals surface area contributed by atoms with Gasteiger partial charge in [-0.3, -0.25) is 4.79 Å². The molecule has 0 saturated heterocycles. The van der Waals surface area contributed by atoms with Gasteiger partial charge in [0, 0.05) is 13.1 Å². The fraction of sp³-hybridized carbons (Fsp3) is 0.650. The van der Waals surface area contributed by atoms with Crippen LogP contribution >= 0.6 is 0 Å². The summed E-state index contributed by atoms with van der Waals surface area (Å²) in [6, 6.07) is 2.26. The van der Waals surface area contributed by atoms with Crippen molar-refractivity contribution in [3.05, 3.63) is 35.1 Å². The molecule has 0 fully saturated rings. The van der Waals surface area contributed by atoms with Gasteiger partial charge in [-0.15, -0.1) is 0 Å². The van der Waals surface area contributed by atoms with Crippen LogP contribution in [0.5, 0.6) is 0 Å². The molecule has 0 aliphatic rings. The summed E-state index contributed by atoms with van der Waals surface area (Å²) < 4.78 is 53.0. The van der Waals surface area contributed by atoms with E-state index in [4.69, 9.17) is 0 Å². The highest BCUT2D eigenvalue weighted by Crippen LogP contribution is 2.33. The number of carbonyl (C=O) groups excluding carboxylic acids is 1. The second-order valence-electron chi connectivity index (χ2n) is 6.60. The molecule has 6 heteroatoms. The van der Waals surface area contributed by atoms with Crippen LogP contribution < -0.4 is 0 Å². The van der Waals surface area contributed by atoms with Gasteiger partial charge in [0.2, 0.25) is 0 Å². The molecule has 1 rings (SSSR count). The number of amides is 1. The van der Waals surface area contributed by atoms with Crippen LogP contribution in [0, 0.1) is 5.82 Å². The first-order valence-corrected chi connectivity index (χ1v) is 9.47. The molecule has 0 saturated carbocycles. The van der Waals surface area contributed by atoms with Crippen molar-refractivity contribution in [2.75, 3.05) is 13.1 Å². The zero-order chi connectivity index (χ0) is 19.6. The third-order valence-corrected chi connectivity index (χ3v) is 4.37. The van der Waals surface area contributed by atoms with Crippen molar-refractivity contribution >= 4 is 5.91 Å². The average Bonchev–Trinajstić information content (AvgIpc) is 2.59. The third kappa shape index (κ3) is 7.34. The number of rotatable bonds is 11. The lowest BCUT2D eigenvalue weighted by Gasteiger charge is -2.24. The Bertz CT molecular complexity index is 545. The lowest BCUT2D eigenvalue weighted by Crippen LogP contribution is -2.34. The van der Waals surface area contributed by atoms with Crippen molar-refractivity contribution in [2.24, 2.45) is 0 Å². The molecule has 148 valence electrons. The maximum Gasteiger partial charge on any atom is 0.417 e. The van der Waals surface area contributed by atoms with E-state index in [1.54, 1.807) is 0 Å². The van der Waals surface area contributed by atoms with Crippen molar-refractivity contribution in [1.29, 1.82) is 0 Å². The molecule has 1 aromatic carbocycles. The fourth-order valence-electron chi connectivity index (χ4n) is 2.88. The molecule has 0 aliphatic carbocycles. The second-order valence-corrected chi connectivity index (χ2v) is 6.60. The Morgan fingerprint density at radius 1 is 0.923 bits per heavy atom. The second kappa shape index (κ2) is 11.2. The monoisotopic (exact) mass is 375 g/mol. The minimum absolute atomic E-state index is 0.402. The first-order valence-electron chi connectivity index (χ1n) is 9.47. The lowest BCUT2D eigenvalue weighted by molar-refractivity contribution is -0.138. The number of halogens is 4. The zero-order valence-electron chi connectivity index (χ0n) is 15.7. The van der Waals surface area contributed by atoms with E-state index in [2.05, 4.69) is 13.8 Å². The topological polar surface area (TPSA) is 20.3 Å². The van der Waals surface area contributed by atoms with Crippen molar-refractivity contribution in [3.8, 4) is 0 Å². The third-order valence-electron chi connectivity index (χ3n) is 4.37. The Hall–Kier alpha value is -1.59. The van der Waals surface area contributed by atoms with Gasteiger partial charge in [0.15, 0.2) is 0 Å². The van der Waals surface area contributed by atoms with Gasteiger partial charge < -0.3 is 4.90 Å². The SMILES string of the molecule is CCCCCCN(CCCCCC)C(=O)c1ccc(F)cc1C(F)(F)F. The normalized spacial score (nSPS) is 11.6. The quantitative estimate of drug-likeness (QED) is 0.322. The van der Waals surface area contributed by atoms with E-state index in [1.807, 2.05) is 0 Å². The van der Waals surface area contributed by atoms with Gasteiger partial charge in [-0.2, -0.15) is 13.2 Å². The molecule has 0 heterocycles. The Kier molecular flexibility index (Phi) is 9.66. The highest BCUT2D eigenvalue weighted by molar-refractivity contribution is 5.96. The molecule has 26 heavy (non-hydrogen) atoms. The summed E-state index contributed by atoms with van der Waals surface area (Å²) in [5, 5.41) is 0. The summed E-state index contributed by atoms with van der Waals surface area (Å²) in [4.78, 5) is 14.2. The minimum Gasteiger partial charge on any atom is -0.339 e. The Labute approximate surface area is 153 Å². The summed E-state index contributed by atoms with van der Waals surface area (Å²) >= 11 is 0. The van der Waals surface area contributed by atoms with Crippen molar-refractivity contribution in [2.45, 2.75) is 71.4 Å². The van der Waals surface area contributed by atoms with Crippen LogP contribution in [0.4, 0.5) is 17.6 Å². The number of nitrogens with zero attached hydrogens (tertiary/aromatic N) is 1. The van der Waals surface area contributed by atoms with Crippen molar-refractivity contribution in [3.63, 3.8) is 0 Å². The van der Waals surface area contributed by atoms with E-state index < -0.39 is 29.0 Å². The maximum absolute atomic E-state index is 13.3. The van der Waals surface area contributed by atoms with Crippen LogP contribution in [0.25, 0.3) is 0 Å². The molecule has 0 unspecified atom stereocenters. The largest absolute Gasteiger partial charge is 0.417 e. The van der Waals surface area contributed by atoms with Crippen LogP contribution in [0.2, 0.25) is 0 Å². The van der Waals surface area contributed by atoms with Crippen LogP contribution in [-0.4, -0.2) is 23.9 Å². The Balaban J connectivity index is 2.95. The van der Waals surface area contributed by atoms with Gasteiger partial charge >= 0.3 is 6.18 Å². The molecule has 0 aliphatic heterocycles. The number of unbranched alkanes of at least 4 members (excludes halogenated alkanes) is 6. The number of benzene rings is 1. The van der Waals surface area contributed by atoms with E-state index in [0.717, 1.165) is 63.5 Å². The van der Waals surface area contributed by atoms with Gasteiger partial charge in [-0.1, -0.05) is 52.4 Å². The molecule has 0 spiro atoms. The van der Waals surface area contributed by atoms with Crippen LogP contribution in [0.3, 0.4) is 0 Å². The molecular weight excluding hydrogens is 346 g/mol. The first-order chi connectivity index (χ1) is 12.3. The van der Waals surface area contributed by atoms with Crippen LogP contribution in [0.1, 0.15) is 81.1 Å². The molecule has 0 N–H and O–H groups in total. The molecule has 1 amide bonds. The Morgan fingerprint density at radius 3 is 1.92 bits per heavy atom. The first kappa shape index (κ1) is 22.5. The fourth-order valence-corrected chi connectivity index (χ4v) is 2.88. The summed E-state index contributed by atoms with van der Waals surface area (Å²) in [6.45, 7) is 5.00. The van der Waals surface area contributed by atoms with Gasteiger partial charge in [0.1, 0.15) is 5.82 Å². The van der Waals surface area contributed by atoms with Crippen molar-refractivity contribution in [1.82, 2.24) is 4.90 Å². The standard InChI is InChI=1S/C20H29F4NO/c1-3-5-7-9-13-25(14-10-8-6-4-2)19(26)17-12-11-16(21)15-18(17)20(22,23)24/h11-12,15H,3-10,13-14H2,1-2H3. The number of carbonyl (C=O) groups is 1. The summed E-state index contributed by atoms with van der Waals surface area (Å²) in [5.74, 6) is -1.66. The van der Waals surface area contributed by atoms with Gasteiger partial charge in [0.25, 0.3) is 5.91 Å². The molecular formula is C20H29F4NO. The van der Waals surface area contributed by atoms with Gasteiger partial charge in [-0.05, 0) is 31.0 Å². The highest BCUT2D eigenvalue weighted by atomic mass is 19.4. The van der Waals surface area contributed by atoms with Crippen LogP contribution in [0.15, 0.2) is 18.2 Å². The van der Waals surface area contributed by atoms with E-state index in [1.165, 1.54) is 4.90 Å². The van der Waals surface area contributed by atoms with E-state index in [-0.39, 0.29) is 0 Å². The molecule has 0 radical (unpaired) electrons. The smallest absolute Gasteiger partial charge is 0.339 e. The molecule has 0 aromatic heterocycles. The lowest BCUT2D eigenvalue weighted by atomic mass is 10.0. The summed E-state index contributed by atoms with van der Waals surface area (Å²) in [5.41, 5.74) is -1.67.